The SMILES string of the molecule is CNCc1cc(OCCN2CCCC2)c2ccccc2n1. The molecule has 1 N–H and O–H groups in total. The molecule has 2 aromatic rings. The molecule has 0 saturated carbocycles. The highest BCUT2D eigenvalue weighted by molar-refractivity contribution is 5.85. The summed E-state index contributed by atoms with van der Waals surface area (Å²) in [5.41, 5.74) is 2.02. The van der Waals surface area contributed by atoms with Gasteiger partial charge in [-0.3, -0.25) is 9.88 Å². The molecule has 1 saturated heterocycles. The molecule has 21 heavy (non-hydrogen) atoms. The van der Waals surface area contributed by atoms with Crippen LogP contribution < -0.4 is 10.1 Å². The summed E-state index contributed by atoms with van der Waals surface area (Å²) in [6, 6.07) is 10.2. The zero-order valence-electron chi connectivity index (χ0n) is 12.6. The maximum absolute atomic E-state index is 6.06. The lowest BCUT2D eigenvalue weighted by molar-refractivity contribution is 0.239. The molecule has 1 aliphatic rings. The van der Waals surface area contributed by atoms with Gasteiger partial charge in [-0.25, -0.2) is 0 Å². The Labute approximate surface area is 126 Å². The summed E-state index contributed by atoms with van der Waals surface area (Å²) in [6.07, 6.45) is 2.65. The van der Waals surface area contributed by atoms with Crippen LogP contribution in [0.1, 0.15) is 18.5 Å². The lowest BCUT2D eigenvalue weighted by Crippen LogP contribution is -2.25. The molecule has 2 heterocycles. The van der Waals surface area contributed by atoms with Gasteiger partial charge >= 0.3 is 0 Å². The molecule has 1 aromatic carbocycles. The van der Waals surface area contributed by atoms with Crippen LogP contribution in [0.4, 0.5) is 0 Å². The predicted molar refractivity (Wildman–Crippen MR) is 85.7 cm³/mol. The second kappa shape index (κ2) is 6.87. The average Bonchev–Trinajstić information content (AvgIpc) is 3.01. The summed E-state index contributed by atoms with van der Waals surface area (Å²) in [5.74, 6) is 0.949. The van der Waals surface area contributed by atoms with E-state index in [0.29, 0.717) is 0 Å². The van der Waals surface area contributed by atoms with Crippen molar-refractivity contribution in [1.29, 1.82) is 0 Å². The number of hydrogen-bond acceptors (Lipinski definition) is 4. The van der Waals surface area contributed by atoms with Gasteiger partial charge in [-0.15, -0.1) is 0 Å². The van der Waals surface area contributed by atoms with Crippen LogP contribution in [0.15, 0.2) is 30.3 Å². The number of benzene rings is 1. The van der Waals surface area contributed by atoms with E-state index in [1.54, 1.807) is 0 Å². The zero-order valence-corrected chi connectivity index (χ0v) is 12.6. The second-order valence-corrected chi connectivity index (χ2v) is 5.56. The molecule has 3 rings (SSSR count). The van der Waals surface area contributed by atoms with E-state index in [9.17, 15) is 0 Å². The number of pyridine rings is 1. The predicted octanol–water partition coefficient (Wildman–Crippen LogP) is 2.43. The first-order valence-electron chi connectivity index (χ1n) is 7.75. The number of likely N-dealkylation sites (tertiary alicyclic amines) is 1. The molecule has 112 valence electrons. The Morgan fingerprint density at radius 1 is 1.24 bits per heavy atom. The molecule has 1 fully saturated rings. The molecule has 0 spiro atoms. The van der Waals surface area contributed by atoms with Crippen LogP contribution in [-0.2, 0) is 6.54 Å². The van der Waals surface area contributed by atoms with E-state index in [4.69, 9.17) is 4.74 Å². The molecule has 0 radical (unpaired) electrons. The van der Waals surface area contributed by atoms with E-state index in [0.717, 1.165) is 42.0 Å². The molecule has 4 nitrogen and oxygen atoms in total. The Hall–Kier alpha value is -1.65. The van der Waals surface area contributed by atoms with E-state index in [-0.39, 0.29) is 0 Å². The number of rotatable bonds is 6. The number of nitrogens with zero attached hydrogens (tertiary/aromatic N) is 2. The van der Waals surface area contributed by atoms with Gasteiger partial charge in [-0.2, -0.15) is 0 Å². The third kappa shape index (κ3) is 3.52. The van der Waals surface area contributed by atoms with E-state index < -0.39 is 0 Å². The van der Waals surface area contributed by atoms with Crippen LogP contribution in [-0.4, -0.2) is 43.2 Å². The van der Waals surface area contributed by atoms with Gasteiger partial charge in [-0.1, -0.05) is 12.1 Å². The van der Waals surface area contributed by atoms with Crippen LogP contribution in [0.2, 0.25) is 0 Å². The van der Waals surface area contributed by atoms with Crippen molar-refractivity contribution >= 4 is 10.9 Å². The molecular weight excluding hydrogens is 262 g/mol. The van der Waals surface area contributed by atoms with Crippen molar-refractivity contribution in [2.24, 2.45) is 0 Å². The largest absolute Gasteiger partial charge is 0.491 e. The van der Waals surface area contributed by atoms with Crippen LogP contribution in [0.3, 0.4) is 0 Å². The number of para-hydroxylation sites is 1. The first-order chi connectivity index (χ1) is 10.4. The Morgan fingerprint density at radius 3 is 2.86 bits per heavy atom. The molecule has 0 atom stereocenters. The molecule has 0 amide bonds. The smallest absolute Gasteiger partial charge is 0.130 e. The summed E-state index contributed by atoms with van der Waals surface area (Å²) in [5, 5.41) is 4.25. The Bertz CT molecular complexity index is 594. The Kier molecular flexibility index (Phi) is 4.68. The molecule has 0 bridgehead atoms. The normalized spacial score (nSPS) is 15.7. The van der Waals surface area contributed by atoms with Crippen molar-refractivity contribution in [2.75, 3.05) is 33.3 Å². The van der Waals surface area contributed by atoms with Gasteiger partial charge in [0.1, 0.15) is 12.4 Å². The summed E-state index contributed by atoms with van der Waals surface area (Å²) < 4.78 is 6.06. The summed E-state index contributed by atoms with van der Waals surface area (Å²) in [7, 11) is 1.94. The molecule has 4 heteroatoms. The van der Waals surface area contributed by atoms with Crippen molar-refractivity contribution in [3.8, 4) is 5.75 Å². The number of aromatic nitrogens is 1. The van der Waals surface area contributed by atoms with Gasteiger partial charge in [0, 0.05) is 24.5 Å². The number of nitrogens with one attached hydrogen (secondary N) is 1. The lowest BCUT2D eigenvalue weighted by atomic mass is 10.2. The molecule has 1 aliphatic heterocycles. The molecule has 0 aliphatic carbocycles. The van der Waals surface area contributed by atoms with Crippen molar-refractivity contribution in [1.82, 2.24) is 15.2 Å². The summed E-state index contributed by atoms with van der Waals surface area (Å²) in [4.78, 5) is 7.13. The lowest BCUT2D eigenvalue weighted by Gasteiger charge is -2.16. The number of ether oxygens (including phenoxy) is 1. The standard InChI is InChI=1S/C17H23N3O/c1-18-13-14-12-17(15-6-2-3-7-16(15)19-14)21-11-10-20-8-4-5-9-20/h2-3,6-7,12,18H,4-5,8-11,13H2,1H3. The van der Waals surface area contributed by atoms with E-state index in [2.05, 4.69) is 27.3 Å². The quantitative estimate of drug-likeness (QED) is 0.884. The first kappa shape index (κ1) is 14.3. The fraction of sp³-hybridized carbons (Fsp3) is 0.471. The highest BCUT2D eigenvalue weighted by Crippen LogP contribution is 2.25. The maximum Gasteiger partial charge on any atom is 0.130 e. The fourth-order valence-electron chi connectivity index (χ4n) is 2.88. The third-order valence-electron chi connectivity index (χ3n) is 3.95. The zero-order chi connectivity index (χ0) is 14.5. The van der Waals surface area contributed by atoms with Crippen LogP contribution in [0, 0.1) is 0 Å². The fourth-order valence-corrected chi connectivity index (χ4v) is 2.88. The molecule has 1 aromatic heterocycles. The van der Waals surface area contributed by atoms with Gasteiger partial charge in [0.15, 0.2) is 0 Å². The van der Waals surface area contributed by atoms with Crippen molar-refractivity contribution in [2.45, 2.75) is 19.4 Å². The van der Waals surface area contributed by atoms with Gasteiger partial charge in [-0.05, 0) is 45.1 Å². The van der Waals surface area contributed by atoms with Crippen molar-refractivity contribution in [3.05, 3.63) is 36.0 Å². The minimum Gasteiger partial charge on any atom is -0.491 e. The second-order valence-electron chi connectivity index (χ2n) is 5.56. The van der Waals surface area contributed by atoms with Crippen molar-refractivity contribution in [3.63, 3.8) is 0 Å². The molecular formula is C17H23N3O. The van der Waals surface area contributed by atoms with E-state index >= 15 is 0 Å². The minimum atomic E-state index is 0.743. The summed E-state index contributed by atoms with van der Waals surface area (Å²) in [6.45, 7) is 4.94. The average molecular weight is 285 g/mol. The third-order valence-corrected chi connectivity index (χ3v) is 3.95. The van der Waals surface area contributed by atoms with Crippen LogP contribution >= 0.6 is 0 Å². The minimum absolute atomic E-state index is 0.743. The van der Waals surface area contributed by atoms with Crippen LogP contribution in [0.5, 0.6) is 5.75 Å². The number of hydrogen-bond donors (Lipinski definition) is 1. The van der Waals surface area contributed by atoms with Gasteiger partial charge < -0.3 is 10.1 Å². The van der Waals surface area contributed by atoms with E-state index in [1.807, 2.05) is 25.2 Å². The number of fused-ring (bicyclic) bond motifs is 1. The first-order valence-corrected chi connectivity index (χ1v) is 7.75. The van der Waals surface area contributed by atoms with Gasteiger partial charge in [0.05, 0.1) is 11.2 Å². The highest BCUT2D eigenvalue weighted by Gasteiger charge is 2.12. The Morgan fingerprint density at radius 2 is 2.05 bits per heavy atom. The van der Waals surface area contributed by atoms with Crippen LogP contribution in [0.25, 0.3) is 10.9 Å². The monoisotopic (exact) mass is 285 g/mol. The molecule has 0 unspecified atom stereocenters. The van der Waals surface area contributed by atoms with Crippen molar-refractivity contribution < 1.29 is 4.74 Å². The maximum atomic E-state index is 6.06. The van der Waals surface area contributed by atoms with Gasteiger partial charge in [0.2, 0.25) is 0 Å². The van der Waals surface area contributed by atoms with Gasteiger partial charge in [0.25, 0.3) is 0 Å². The van der Waals surface area contributed by atoms with E-state index in [1.165, 1.54) is 25.9 Å². The highest BCUT2D eigenvalue weighted by atomic mass is 16.5. The topological polar surface area (TPSA) is 37.4 Å². The summed E-state index contributed by atoms with van der Waals surface area (Å²) >= 11 is 0. The Balaban J connectivity index is 1.75.